The lowest BCUT2D eigenvalue weighted by Gasteiger charge is -2.11. The molecule has 0 amide bonds. The highest BCUT2D eigenvalue weighted by atomic mass is 35.5. The van der Waals surface area contributed by atoms with E-state index in [0.717, 1.165) is 4.90 Å². The maximum absolute atomic E-state index is 7.56. The standard InChI is InChI=1S/C14H13ClN2OS/c1-19-10-7-5-9(6-8-10)18-12-4-2-3-11(15)13(12)14(16)17/h2-8H,1H3,(H3,16,17). The van der Waals surface area contributed by atoms with Gasteiger partial charge in [-0.3, -0.25) is 5.41 Å². The van der Waals surface area contributed by atoms with Gasteiger partial charge in [-0.05, 0) is 42.7 Å². The molecule has 0 radical (unpaired) electrons. The normalized spacial score (nSPS) is 10.2. The van der Waals surface area contributed by atoms with Gasteiger partial charge in [0, 0.05) is 4.90 Å². The second kappa shape index (κ2) is 5.99. The zero-order chi connectivity index (χ0) is 13.8. The monoisotopic (exact) mass is 292 g/mol. The molecule has 0 heterocycles. The molecule has 0 aliphatic carbocycles. The van der Waals surface area contributed by atoms with E-state index in [1.807, 2.05) is 30.5 Å². The Morgan fingerprint density at radius 3 is 2.47 bits per heavy atom. The van der Waals surface area contributed by atoms with E-state index >= 15 is 0 Å². The van der Waals surface area contributed by atoms with Crippen molar-refractivity contribution in [3.8, 4) is 11.5 Å². The minimum Gasteiger partial charge on any atom is -0.457 e. The van der Waals surface area contributed by atoms with E-state index in [1.165, 1.54) is 0 Å². The summed E-state index contributed by atoms with van der Waals surface area (Å²) >= 11 is 7.70. The Hall–Kier alpha value is -1.65. The Morgan fingerprint density at radius 2 is 1.89 bits per heavy atom. The summed E-state index contributed by atoms with van der Waals surface area (Å²) in [6, 6.07) is 12.9. The van der Waals surface area contributed by atoms with Crippen molar-refractivity contribution in [3.05, 3.63) is 53.1 Å². The molecule has 0 spiro atoms. The predicted molar refractivity (Wildman–Crippen MR) is 80.8 cm³/mol. The second-order valence-electron chi connectivity index (χ2n) is 3.80. The number of benzene rings is 2. The van der Waals surface area contributed by atoms with Crippen molar-refractivity contribution in [3.63, 3.8) is 0 Å². The number of halogens is 1. The van der Waals surface area contributed by atoms with Crippen molar-refractivity contribution in [1.29, 1.82) is 5.41 Å². The molecule has 0 aliphatic rings. The first kappa shape index (κ1) is 13.8. The van der Waals surface area contributed by atoms with E-state index in [9.17, 15) is 0 Å². The zero-order valence-corrected chi connectivity index (χ0v) is 11.9. The fraction of sp³-hybridized carbons (Fsp3) is 0.0714. The minimum absolute atomic E-state index is 0.110. The Bertz CT molecular complexity index is 599. The molecule has 3 nitrogen and oxygen atoms in total. The first-order valence-corrected chi connectivity index (χ1v) is 7.17. The molecule has 2 rings (SSSR count). The van der Waals surface area contributed by atoms with Gasteiger partial charge in [0.2, 0.25) is 0 Å². The molecule has 0 saturated heterocycles. The average molecular weight is 293 g/mol. The minimum atomic E-state index is -0.110. The van der Waals surface area contributed by atoms with Crippen molar-refractivity contribution < 1.29 is 4.74 Å². The van der Waals surface area contributed by atoms with Gasteiger partial charge in [-0.15, -0.1) is 11.8 Å². The number of nitrogens with one attached hydrogen (secondary N) is 1. The van der Waals surface area contributed by atoms with E-state index in [-0.39, 0.29) is 5.84 Å². The molecule has 0 saturated carbocycles. The van der Waals surface area contributed by atoms with E-state index in [2.05, 4.69) is 0 Å². The number of ether oxygens (including phenoxy) is 1. The highest BCUT2D eigenvalue weighted by Crippen LogP contribution is 2.30. The van der Waals surface area contributed by atoms with Gasteiger partial charge in [-0.25, -0.2) is 0 Å². The van der Waals surface area contributed by atoms with Crippen molar-refractivity contribution in [2.45, 2.75) is 4.90 Å². The third kappa shape index (κ3) is 3.22. The first-order valence-electron chi connectivity index (χ1n) is 5.56. The number of rotatable bonds is 4. The number of amidine groups is 1. The highest BCUT2D eigenvalue weighted by Gasteiger charge is 2.11. The number of thioether (sulfide) groups is 1. The molecule has 0 aromatic heterocycles. The molecule has 98 valence electrons. The average Bonchev–Trinajstić information content (AvgIpc) is 2.39. The molecule has 2 aromatic rings. The Labute approximate surface area is 121 Å². The maximum atomic E-state index is 7.56. The number of hydrogen-bond donors (Lipinski definition) is 2. The summed E-state index contributed by atoms with van der Waals surface area (Å²) in [5.41, 5.74) is 5.95. The van der Waals surface area contributed by atoms with Gasteiger partial charge in [0.25, 0.3) is 0 Å². The van der Waals surface area contributed by atoms with Crippen LogP contribution in [-0.2, 0) is 0 Å². The smallest absolute Gasteiger partial charge is 0.139 e. The Balaban J connectivity index is 2.32. The number of hydrogen-bond acceptors (Lipinski definition) is 3. The number of nitrogen functional groups attached to an aromatic ring is 1. The third-order valence-electron chi connectivity index (χ3n) is 2.53. The zero-order valence-electron chi connectivity index (χ0n) is 10.3. The fourth-order valence-electron chi connectivity index (χ4n) is 1.62. The summed E-state index contributed by atoms with van der Waals surface area (Å²) < 4.78 is 5.74. The van der Waals surface area contributed by atoms with Crippen molar-refractivity contribution >= 4 is 29.2 Å². The molecular weight excluding hydrogens is 280 g/mol. The molecule has 0 unspecified atom stereocenters. The number of nitrogens with two attached hydrogens (primary N) is 1. The molecule has 3 N–H and O–H groups in total. The van der Waals surface area contributed by atoms with Gasteiger partial charge in [0.1, 0.15) is 17.3 Å². The van der Waals surface area contributed by atoms with Crippen molar-refractivity contribution in [2.24, 2.45) is 5.73 Å². The SMILES string of the molecule is CSc1ccc(Oc2cccc(Cl)c2C(=N)N)cc1. The van der Waals surface area contributed by atoms with Gasteiger partial charge >= 0.3 is 0 Å². The molecule has 5 heteroatoms. The largest absolute Gasteiger partial charge is 0.457 e. The van der Waals surface area contributed by atoms with Gasteiger partial charge < -0.3 is 10.5 Å². The molecule has 19 heavy (non-hydrogen) atoms. The quantitative estimate of drug-likeness (QED) is 0.506. The maximum Gasteiger partial charge on any atom is 0.139 e. The summed E-state index contributed by atoms with van der Waals surface area (Å²) in [6.45, 7) is 0. The van der Waals surface area contributed by atoms with Crippen molar-refractivity contribution in [1.82, 2.24) is 0 Å². The molecule has 0 fully saturated rings. The molecule has 0 bridgehead atoms. The predicted octanol–water partition coefficient (Wildman–Crippen LogP) is 4.14. The van der Waals surface area contributed by atoms with E-state index in [0.29, 0.717) is 22.1 Å². The van der Waals surface area contributed by atoms with Crippen LogP contribution in [0.4, 0.5) is 0 Å². The fourth-order valence-corrected chi connectivity index (χ4v) is 2.30. The lowest BCUT2D eigenvalue weighted by Crippen LogP contribution is -2.13. The topological polar surface area (TPSA) is 59.1 Å². The van der Waals surface area contributed by atoms with Gasteiger partial charge in [-0.1, -0.05) is 17.7 Å². The van der Waals surface area contributed by atoms with Gasteiger partial charge in [0.15, 0.2) is 0 Å². The molecule has 2 aromatic carbocycles. The molecule has 0 atom stereocenters. The van der Waals surface area contributed by atoms with Gasteiger partial charge in [0.05, 0.1) is 10.6 Å². The van der Waals surface area contributed by atoms with E-state index in [1.54, 1.807) is 30.0 Å². The third-order valence-corrected chi connectivity index (χ3v) is 3.59. The van der Waals surface area contributed by atoms with Crippen LogP contribution >= 0.6 is 23.4 Å². The van der Waals surface area contributed by atoms with E-state index < -0.39 is 0 Å². The van der Waals surface area contributed by atoms with Crippen molar-refractivity contribution in [2.75, 3.05) is 6.26 Å². The second-order valence-corrected chi connectivity index (χ2v) is 5.09. The van der Waals surface area contributed by atoms with Crippen LogP contribution in [0.15, 0.2) is 47.4 Å². The summed E-state index contributed by atoms with van der Waals surface area (Å²) in [5.74, 6) is 1.06. The van der Waals surface area contributed by atoms with Crippen LogP contribution in [0.3, 0.4) is 0 Å². The van der Waals surface area contributed by atoms with Gasteiger partial charge in [-0.2, -0.15) is 0 Å². The van der Waals surface area contributed by atoms with Crippen LogP contribution < -0.4 is 10.5 Å². The van der Waals surface area contributed by atoms with Crippen LogP contribution in [-0.4, -0.2) is 12.1 Å². The van der Waals surface area contributed by atoms with Crippen LogP contribution in [0.1, 0.15) is 5.56 Å². The summed E-state index contributed by atoms with van der Waals surface area (Å²) in [5, 5.41) is 7.96. The van der Waals surface area contributed by atoms with Crippen LogP contribution in [0.25, 0.3) is 0 Å². The Morgan fingerprint density at radius 1 is 1.21 bits per heavy atom. The van der Waals surface area contributed by atoms with Crippen LogP contribution in [0, 0.1) is 5.41 Å². The molecular formula is C14H13ClN2OS. The van der Waals surface area contributed by atoms with Crippen LogP contribution in [0.5, 0.6) is 11.5 Å². The summed E-state index contributed by atoms with van der Waals surface area (Å²) in [7, 11) is 0. The van der Waals surface area contributed by atoms with Crippen LogP contribution in [0.2, 0.25) is 5.02 Å². The Kier molecular flexibility index (Phi) is 4.35. The summed E-state index contributed by atoms with van der Waals surface area (Å²) in [4.78, 5) is 1.16. The molecule has 0 aliphatic heterocycles. The van der Waals surface area contributed by atoms with E-state index in [4.69, 9.17) is 27.5 Å². The lowest BCUT2D eigenvalue weighted by atomic mass is 10.2. The summed E-state index contributed by atoms with van der Waals surface area (Å²) in [6.07, 6.45) is 2.01. The highest BCUT2D eigenvalue weighted by molar-refractivity contribution is 7.98. The first-order chi connectivity index (χ1) is 9.11. The lowest BCUT2D eigenvalue weighted by molar-refractivity contribution is 0.481.